The van der Waals surface area contributed by atoms with Gasteiger partial charge in [0.25, 0.3) is 5.91 Å². The molecular weight excluding hydrogens is 535 g/mol. The number of halogens is 2. The lowest BCUT2D eigenvalue weighted by atomic mass is 10.0. The molecule has 0 radical (unpaired) electrons. The van der Waals surface area contributed by atoms with Crippen LogP contribution in [0.3, 0.4) is 0 Å². The van der Waals surface area contributed by atoms with Crippen LogP contribution in [-0.2, 0) is 16.1 Å². The van der Waals surface area contributed by atoms with Crippen LogP contribution in [0.5, 0.6) is 0 Å². The van der Waals surface area contributed by atoms with Crippen LogP contribution in [-0.4, -0.2) is 84.0 Å². The average Bonchev–Trinajstić information content (AvgIpc) is 2.94. The molecule has 8 nitrogen and oxygen atoms in total. The van der Waals surface area contributed by atoms with Gasteiger partial charge in [0.05, 0.1) is 6.61 Å². The molecule has 2 fully saturated rings. The van der Waals surface area contributed by atoms with Crippen molar-refractivity contribution in [3.63, 3.8) is 0 Å². The van der Waals surface area contributed by atoms with Gasteiger partial charge in [-0.1, -0.05) is 29.8 Å². The number of benzene rings is 2. The van der Waals surface area contributed by atoms with E-state index in [-0.39, 0.29) is 35.8 Å². The lowest BCUT2D eigenvalue weighted by Crippen LogP contribution is -2.53. The molecule has 2 aromatic carbocycles. The van der Waals surface area contributed by atoms with Crippen LogP contribution in [0.2, 0.25) is 5.02 Å². The molecule has 0 aliphatic carbocycles. The van der Waals surface area contributed by atoms with Crippen molar-refractivity contribution >= 4 is 35.6 Å². The van der Waals surface area contributed by atoms with Crippen LogP contribution in [0.25, 0.3) is 6.08 Å². The van der Waals surface area contributed by atoms with Gasteiger partial charge in [-0.25, -0.2) is 9.18 Å². The molecule has 2 heterocycles. The van der Waals surface area contributed by atoms with E-state index in [4.69, 9.17) is 16.3 Å². The number of carbonyl (C=O) groups is 3. The van der Waals surface area contributed by atoms with Gasteiger partial charge in [0.1, 0.15) is 5.82 Å². The zero-order valence-electron chi connectivity index (χ0n) is 22.9. The van der Waals surface area contributed by atoms with Gasteiger partial charge in [0.15, 0.2) is 0 Å². The fourth-order valence-electron chi connectivity index (χ4n) is 5.16. The SMILES string of the molecule is CCOC(=O)N1CCC(NC(=O)c2cc(Cl)ccc2/C=C/C(=O)N2CCN(Cc3ccc(F)cc3)CC2C)CC1. The summed E-state index contributed by atoms with van der Waals surface area (Å²) in [5.74, 6) is -0.648. The maximum atomic E-state index is 13.2. The third-order valence-corrected chi connectivity index (χ3v) is 7.57. The summed E-state index contributed by atoms with van der Waals surface area (Å²) in [4.78, 5) is 43.9. The van der Waals surface area contributed by atoms with Crippen LogP contribution in [0.4, 0.5) is 9.18 Å². The first kappa shape index (κ1) is 29.6. The monoisotopic (exact) mass is 570 g/mol. The highest BCUT2D eigenvalue weighted by Gasteiger charge is 2.27. The Labute approximate surface area is 239 Å². The van der Waals surface area contributed by atoms with Gasteiger partial charge < -0.3 is 19.9 Å². The molecule has 4 rings (SSSR count). The van der Waals surface area contributed by atoms with Crippen LogP contribution in [0, 0.1) is 5.82 Å². The van der Waals surface area contributed by atoms with E-state index in [9.17, 15) is 18.8 Å². The van der Waals surface area contributed by atoms with Crippen molar-refractivity contribution in [1.82, 2.24) is 20.0 Å². The fraction of sp³-hybridized carbons (Fsp3) is 0.433. The molecule has 2 aromatic rings. The maximum absolute atomic E-state index is 13.2. The molecule has 0 saturated carbocycles. The fourth-order valence-corrected chi connectivity index (χ4v) is 5.34. The lowest BCUT2D eigenvalue weighted by molar-refractivity contribution is -0.130. The van der Waals surface area contributed by atoms with Gasteiger partial charge >= 0.3 is 6.09 Å². The first-order valence-electron chi connectivity index (χ1n) is 13.7. The first-order valence-corrected chi connectivity index (χ1v) is 14.1. The van der Waals surface area contributed by atoms with Gasteiger partial charge in [-0.3, -0.25) is 14.5 Å². The molecule has 1 N–H and O–H groups in total. The number of nitrogens with zero attached hydrogens (tertiary/aromatic N) is 3. The minimum absolute atomic E-state index is 0.000176. The zero-order chi connectivity index (χ0) is 28.6. The van der Waals surface area contributed by atoms with E-state index in [0.717, 1.165) is 5.56 Å². The van der Waals surface area contributed by atoms with Crippen molar-refractivity contribution in [1.29, 1.82) is 0 Å². The van der Waals surface area contributed by atoms with E-state index in [0.29, 0.717) is 74.9 Å². The summed E-state index contributed by atoms with van der Waals surface area (Å²) >= 11 is 6.21. The van der Waals surface area contributed by atoms with E-state index in [1.165, 1.54) is 18.2 Å². The molecular formula is C30H36ClFN4O4. The first-order chi connectivity index (χ1) is 19.2. The Morgan fingerprint density at radius 2 is 1.80 bits per heavy atom. The standard InChI is InChI=1S/C30H36ClFN4O4/c1-3-40-30(39)35-14-12-26(13-15-35)33-29(38)27-18-24(31)8-6-23(27)7-11-28(37)36-17-16-34(19-21(36)2)20-22-4-9-25(32)10-5-22/h4-11,18,21,26H,3,12-17,19-20H2,1-2H3,(H,33,38)/b11-7+. The van der Waals surface area contributed by atoms with E-state index in [1.807, 2.05) is 11.8 Å². The maximum Gasteiger partial charge on any atom is 0.409 e. The molecule has 214 valence electrons. The van der Waals surface area contributed by atoms with E-state index in [1.54, 1.807) is 48.2 Å². The van der Waals surface area contributed by atoms with Gasteiger partial charge in [-0.2, -0.15) is 0 Å². The highest BCUT2D eigenvalue weighted by molar-refractivity contribution is 6.31. The highest BCUT2D eigenvalue weighted by Crippen LogP contribution is 2.20. The van der Waals surface area contributed by atoms with Crippen molar-refractivity contribution in [3.8, 4) is 0 Å². The van der Waals surface area contributed by atoms with E-state index >= 15 is 0 Å². The molecule has 1 atom stereocenters. The second-order valence-electron chi connectivity index (χ2n) is 10.2. The van der Waals surface area contributed by atoms with Crippen molar-refractivity contribution in [2.45, 2.75) is 45.3 Å². The van der Waals surface area contributed by atoms with Crippen LogP contribution < -0.4 is 5.32 Å². The molecule has 2 aliphatic rings. The van der Waals surface area contributed by atoms with E-state index < -0.39 is 0 Å². The summed E-state index contributed by atoms with van der Waals surface area (Å²) in [6, 6.07) is 11.4. The molecule has 0 bridgehead atoms. The summed E-state index contributed by atoms with van der Waals surface area (Å²) < 4.78 is 18.3. The Balaban J connectivity index is 1.34. The smallest absolute Gasteiger partial charge is 0.409 e. The lowest BCUT2D eigenvalue weighted by Gasteiger charge is -2.39. The second-order valence-corrected chi connectivity index (χ2v) is 10.7. The summed E-state index contributed by atoms with van der Waals surface area (Å²) in [6.45, 7) is 7.83. The average molecular weight is 571 g/mol. The number of rotatable bonds is 7. The Morgan fingerprint density at radius 3 is 2.48 bits per heavy atom. The van der Waals surface area contributed by atoms with Crippen molar-refractivity contribution in [2.75, 3.05) is 39.3 Å². The quantitative estimate of drug-likeness (QED) is 0.493. The number of nitrogens with one attached hydrogen (secondary N) is 1. The normalized spacial score (nSPS) is 18.6. The van der Waals surface area contributed by atoms with Crippen LogP contribution in [0.15, 0.2) is 48.5 Å². The van der Waals surface area contributed by atoms with Crippen LogP contribution in [0.1, 0.15) is 48.2 Å². The third kappa shape index (κ3) is 7.82. The predicted octanol–water partition coefficient (Wildman–Crippen LogP) is 4.58. The number of likely N-dealkylation sites (tertiary alicyclic amines) is 1. The number of piperidine rings is 1. The van der Waals surface area contributed by atoms with Crippen LogP contribution >= 0.6 is 11.6 Å². The Bertz CT molecular complexity index is 1230. The van der Waals surface area contributed by atoms with Gasteiger partial charge in [-0.05, 0) is 68.2 Å². The molecule has 3 amide bonds. The number of piperazine rings is 1. The number of carbonyl (C=O) groups excluding carboxylic acids is 3. The minimum atomic E-state index is -0.331. The third-order valence-electron chi connectivity index (χ3n) is 7.34. The van der Waals surface area contributed by atoms with Crippen molar-refractivity contribution < 1.29 is 23.5 Å². The van der Waals surface area contributed by atoms with Crippen molar-refractivity contribution in [2.24, 2.45) is 0 Å². The molecule has 2 saturated heterocycles. The van der Waals surface area contributed by atoms with Gasteiger partial charge in [0, 0.05) is 68.0 Å². The van der Waals surface area contributed by atoms with E-state index in [2.05, 4.69) is 10.2 Å². The molecule has 0 spiro atoms. The largest absolute Gasteiger partial charge is 0.450 e. The Hall–Kier alpha value is -3.43. The Kier molecular flexibility index (Phi) is 10.2. The number of hydrogen-bond donors (Lipinski definition) is 1. The van der Waals surface area contributed by atoms with Gasteiger partial charge in [-0.15, -0.1) is 0 Å². The molecule has 0 aromatic heterocycles. The Morgan fingerprint density at radius 1 is 1.07 bits per heavy atom. The second kappa shape index (κ2) is 13.8. The predicted molar refractivity (Wildman–Crippen MR) is 152 cm³/mol. The summed E-state index contributed by atoms with van der Waals surface area (Å²) in [5, 5.41) is 3.48. The summed E-state index contributed by atoms with van der Waals surface area (Å²) in [6.07, 6.45) is 4.08. The zero-order valence-corrected chi connectivity index (χ0v) is 23.7. The minimum Gasteiger partial charge on any atom is -0.450 e. The molecule has 40 heavy (non-hydrogen) atoms. The molecule has 1 unspecified atom stereocenters. The number of amides is 3. The highest BCUT2D eigenvalue weighted by atomic mass is 35.5. The molecule has 10 heteroatoms. The summed E-state index contributed by atoms with van der Waals surface area (Å²) in [5.41, 5.74) is 2.02. The topological polar surface area (TPSA) is 82.2 Å². The number of hydrogen-bond acceptors (Lipinski definition) is 5. The number of ether oxygens (including phenoxy) is 1. The van der Waals surface area contributed by atoms with Crippen molar-refractivity contribution in [3.05, 3.63) is 76.1 Å². The summed E-state index contributed by atoms with van der Waals surface area (Å²) in [7, 11) is 0. The van der Waals surface area contributed by atoms with Gasteiger partial charge in [0.2, 0.25) is 5.91 Å². The molecule has 2 aliphatic heterocycles.